The van der Waals surface area contributed by atoms with Crippen molar-refractivity contribution in [3.05, 3.63) is 23.8 Å². The molecule has 0 heterocycles. The van der Waals surface area contributed by atoms with Gasteiger partial charge in [0, 0.05) is 6.07 Å². The Kier molecular flexibility index (Phi) is 3.89. The van der Waals surface area contributed by atoms with Crippen molar-refractivity contribution in [2.45, 2.75) is 20.8 Å². The molecule has 0 atom stereocenters. The predicted molar refractivity (Wildman–Crippen MR) is 63.5 cm³/mol. The molecule has 0 aromatic heterocycles. The highest BCUT2D eigenvalue weighted by Gasteiger charge is 2.24. The topological polar surface area (TPSA) is 52.6 Å². The van der Waals surface area contributed by atoms with Gasteiger partial charge in [-0.2, -0.15) is 0 Å². The lowest BCUT2D eigenvalue weighted by atomic mass is 9.97. The molecule has 0 amide bonds. The average Bonchev–Trinajstić information content (AvgIpc) is 2.27. The van der Waals surface area contributed by atoms with Crippen LogP contribution >= 0.6 is 0 Å². The fraction of sp³-hybridized carbons (Fsp3) is 0.385. The molecule has 0 saturated carbocycles. The number of carbonyl (C=O) groups is 2. The lowest BCUT2D eigenvalue weighted by Gasteiger charge is -2.17. The monoisotopic (exact) mass is 236 g/mol. The normalized spacial score (nSPS) is 10.8. The van der Waals surface area contributed by atoms with Gasteiger partial charge in [-0.3, -0.25) is 9.59 Å². The molecule has 0 fully saturated rings. The van der Waals surface area contributed by atoms with E-state index >= 15 is 0 Å². The van der Waals surface area contributed by atoms with Crippen molar-refractivity contribution in [1.29, 1.82) is 0 Å². The molecule has 1 rings (SSSR count). The Hall–Kier alpha value is -1.84. The van der Waals surface area contributed by atoms with E-state index in [2.05, 4.69) is 0 Å². The van der Waals surface area contributed by atoms with Crippen molar-refractivity contribution in [3.63, 3.8) is 0 Å². The molecule has 0 radical (unpaired) electrons. The number of methoxy groups -OCH3 is 1. The number of rotatable bonds is 3. The summed E-state index contributed by atoms with van der Waals surface area (Å²) in [4.78, 5) is 22.5. The summed E-state index contributed by atoms with van der Waals surface area (Å²) in [6.07, 6.45) is 0.644. The van der Waals surface area contributed by atoms with Gasteiger partial charge in [0.1, 0.15) is 11.5 Å². The second-order valence-corrected chi connectivity index (χ2v) is 4.66. The van der Waals surface area contributed by atoms with Crippen LogP contribution in [-0.2, 0) is 4.79 Å². The fourth-order valence-corrected chi connectivity index (χ4v) is 1.08. The molecular formula is C13H16O4. The Balaban J connectivity index is 3.03. The number of esters is 1. The van der Waals surface area contributed by atoms with Crippen LogP contribution in [-0.4, -0.2) is 19.4 Å². The molecule has 0 spiro atoms. The number of hydrogen-bond donors (Lipinski definition) is 0. The zero-order valence-electron chi connectivity index (χ0n) is 10.4. The minimum absolute atomic E-state index is 0.222. The maximum atomic E-state index is 11.7. The minimum atomic E-state index is -0.622. The number of benzene rings is 1. The summed E-state index contributed by atoms with van der Waals surface area (Å²) in [5, 5.41) is 0. The molecule has 0 unspecified atom stereocenters. The zero-order chi connectivity index (χ0) is 13.1. The van der Waals surface area contributed by atoms with E-state index in [9.17, 15) is 9.59 Å². The van der Waals surface area contributed by atoms with Gasteiger partial charge in [0.25, 0.3) is 0 Å². The van der Waals surface area contributed by atoms with E-state index < -0.39 is 11.4 Å². The second kappa shape index (κ2) is 4.99. The number of hydrogen-bond acceptors (Lipinski definition) is 4. The number of aldehydes is 1. The molecule has 0 N–H and O–H groups in total. The Bertz CT molecular complexity index is 430. The van der Waals surface area contributed by atoms with Crippen molar-refractivity contribution in [1.82, 2.24) is 0 Å². The van der Waals surface area contributed by atoms with Crippen LogP contribution in [0.3, 0.4) is 0 Å². The van der Waals surface area contributed by atoms with Crippen LogP contribution in [0.4, 0.5) is 0 Å². The summed E-state index contributed by atoms with van der Waals surface area (Å²) in [7, 11) is 1.51. The average molecular weight is 236 g/mol. The van der Waals surface area contributed by atoms with E-state index in [0.717, 1.165) is 0 Å². The zero-order valence-corrected chi connectivity index (χ0v) is 10.4. The molecule has 1 aromatic rings. The van der Waals surface area contributed by atoms with Gasteiger partial charge in [0.2, 0.25) is 0 Å². The molecule has 4 nitrogen and oxygen atoms in total. The van der Waals surface area contributed by atoms with Crippen molar-refractivity contribution in [2.24, 2.45) is 5.41 Å². The number of ether oxygens (including phenoxy) is 2. The van der Waals surface area contributed by atoms with Gasteiger partial charge in [-0.25, -0.2) is 0 Å². The Morgan fingerprint density at radius 1 is 1.29 bits per heavy atom. The van der Waals surface area contributed by atoms with Gasteiger partial charge >= 0.3 is 5.97 Å². The molecule has 1 aromatic carbocycles. The van der Waals surface area contributed by atoms with Crippen molar-refractivity contribution >= 4 is 12.3 Å². The Labute approximate surface area is 101 Å². The van der Waals surface area contributed by atoms with Crippen LogP contribution in [0.1, 0.15) is 31.1 Å². The molecule has 0 bridgehead atoms. The van der Waals surface area contributed by atoms with Crippen LogP contribution in [0.25, 0.3) is 0 Å². The molecule has 92 valence electrons. The van der Waals surface area contributed by atoms with Crippen LogP contribution in [0.2, 0.25) is 0 Å². The van der Waals surface area contributed by atoms with E-state index in [-0.39, 0.29) is 5.75 Å². The summed E-state index contributed by atoms with van der Waals surface area (Å²) in [5.74, 6) is 0.362. The van der Waals surface area contributed by atoms with Crippen molar-refractivity contribution in [2.75, 3.05) is 7.11 Å². The molecule has 0 aliphatic rings. The van der Waals surface area contributed by atoms with Crippen molar-refractivity contribution < 1.29 is 19.1 Å². The van der Waals surface area contributed by atoms with Crippen molar-refractivity contribution in [3.8, 4) is 11.5 Å². The summed E-state index contributed by atoms with van der Waals surface area (Å²) in [5.41, 5.74) is -0.299. The molecule has 0 aliphatic carbocycles. The minimum Gasteiger partial charge on any atom is -0.497 e. The first-order valence-corrected chi connectivity index (χ1v) is 5.24. The summed E-state index contributed by atoms with van der Waals surface area (Å²) in [6.45, 7) is 5.24. The first-order valence-electron chi connectivity index (χ1n) is 5.24. The smallest absolute Gasteiger partial charge is 0.316 e. The highest BCUT2D eigenvalue weighted by molar-refractivity contribution is 5.84. The Morgan fingerprint density at radius 3 is 2.41 bits per heavy atom. The highest BCUT2D eigenvalue weighted by Crippen LogP contribution is 2.26. The maximum absolute atomic E-state index is 11.7. The van der Waals surface area contributed by atoms with Gasteiger partial charge in [-0.15, -0.1) is 0 Å². The third-order valence-electron chi connectivity index (χ3n) is 2.16. The molecular weight excluding hydrogens is 220 g/mol. The third-order valence-corrected chi connectivity index (χ3v) is 2.16. The van der Waals surface area contributed by atoms with Gasteiger partial charge in [0.05, 0.1) is 18.1 Å². The highest BCUT2D eigenvalue weighted by atomic mass is 16.5. The largest absolute Gasteiger partial charge is 0.497 e. The van der Waals surface area contributed by atoms with Crippen LogP contribution in [0, 0.1) is 5.41 Å². The Morgan fingerprint density at radius 2 is 1.94 bits per heavy atom. The second-order valence-electron chi connectivity index (χ2n) is 4.66. The van der Waals surface area contributed by atoms with E-state index in [1.54, 1.807) is 32.9 Å². The predicted octanol–water partition coefficient (Wildman–Crippen LogP) is 2.46. The first-order chi connectivity index (χ1) is 7.88. The van der Waals surface area contributed by atoms with E-state index in [1.807, 2.05) is 0 Å². The van der Waals surface area contributed by atoms with Gasteiger partial charge < -0.3 is 9.47 Å². The van der Waals surface area contributed by atoms with E-state index in [4.69, 9.17) is 9.47 Å². The fourth-order valence-electron chi connectivity index (χ4n) is 1.08. The maximum Gasteiger partial charge on any atom is 0.316 e. The molecule has 0 aliphatic heterocycles. The molecule has 4 heteroatoms. The van der Waals surface area contributed by atoms with Crippen LogP contribution < -0.4 is 9.47 Å². The summed E-state index contributed by atoms with van der Waals surface area (Å²) >= 11 is 0. The third kappa shape index (κ3) is 3.31. The van der Waals surface area contributed by atoms with Gasteiger partial charge in [0.15, 0.2) is 6.29 Å². The summed E-state index contributed by atoms with van der Waals surface area (Å²) < 4.78 is 10.2. The lowest BCUT2D eigenvalue weighted by molar-refractivity contribution is -0.143. The summed E-state index contributed by atoms with van der Waals surface area (Å²) in [6, 6.07) is 4.71. The number of carbonyl (C=O) groups excluding carboxylic acids is 2. The van der Waals surface area contributed by atoms with Crippen LogP contribution in [0.5, 0.6) is 11.5 Å². The molecule has 0 saturated heterocycles. The SMILES string of the molecule is COc1ccc(C=O)c(OC(=O)C(C)(C)C)c1. The quantitative estimate of drug-likeness (QED) is 0.459. The van der Waals surface area contributed by atoms with Crippen LogP contribution in [0.15, 0.2) is 18.2 Å². The van der Waals surface area contributed by atoms with E-state index in [1.165, 1.54) is 13.2 Å². The van der Waals surface area contributed by atoms with Gasteiger partial charge in [-0.05, 0) is 32.9 Å². The molecule has 17 heavy (non-hydrogen) atoms. The first kappa shape index (κ1) is 13.2. The van der Waals surface area contributed by atoms with E-state index in [0.29, 0.717) is 17.6 Å². The van der Waals surface area contributed by atoms with Gasteiger partial charge in [-0.1, -0.05) is 0 Å². The lowest BCUT2D eigenvalue weighted by Crippen LogP contribution is -2.26. The standard InChI is InChI=1S/C13H16O4/c1-13(2,3)12(15)17-11-7-10(16-4)6-5-9(11)8-14/h5-8H,1-4H3.